The van der Waals surface area contributed by atoms with Gasteiger partial charge in [-0.05, 0) is 61.7 Å². The second kappa shape index (κ2) is 14.5. The summed E-state index contributed by atoms with van der Waals surface area (Å²) >= 11 is 0. The summed E-state index contributed by atoms with van der Waals surface area (Å²) in [5, 5.41) is 10.6. The van der Waals surface area contributed by atoms with Crippen molar-refractivity contribution in [2.75, 3.05) is 20.1 Å². The second-order valence-corrected chi connectivity index (χ2v) is 13.8. The molecule has 1 heterocycles. The number of rotatable bonds is 12. The molecule has 2 aliphatic carbocycles. The monoisotopic (exact) mass is 589 g/mol. The third-order valence-corrected chi connectivity index (χ3v) is 8.83. The average Bonchev–Trinajstić information content (AvgIpc) is 3.71. The molecule has 3 aliphatic rings. The molecule has 4 N–H and O–H groups in total. The highest BCUT2D eigenvalue weighted by atomic mass is 16.2. The van der Waals surface area contributed by atoms with Crippen molar-refractivity contribution in [2.24, 2.45) is 29.1 Å². The van der Waals surface area contributed by atoms with Crippen molar-refractivity contribution in [1.82, 2.24) is 26.2 Å². The van der Waals surface area contributed by atoms with Crippen LogP contribution in [-0.2, 0) is 24.0 Å². The number of carbonyl (C=O) groups excluding carboxylic acids is 6. The summed E-state index contributed by atoms with van der Waals surface area (Å²) in [4.78, 5) is 79.3. The standard InChI is InChI=1S/C31H51N5O6/c1-18(2)16-21-14-15-36(24(21)28(40)33-17-22(37)27(39)32-6)29(41)26(31(3,4)5)35-30(42)34-23(25(38)20-12-13-20)19-10-8-7-9-11-19/h18-21,23-24,26H,7-17H2,1-6H3,(H,32,39)(H,33,40)(H2,34,35,42)/t21-,23+,24+,26-/m1/s1. The van der Waals surface area contributed by atoms with Crippen molar-refractivity contribution < 1.29 is 28.8 Å². The number of hydrogen-bond donors (Lipinski definition) is 4. The van der Waals surface area contributed by atoms with Crippen molar-refractivity contribution in [3.63, 3.8) is 0 Å². The lowest BCUT2D eigenvalue weighted by Crippen LogP contribution is -2.61. The third kappa shape index (κ3) is 8.77. The summed E-state index contributed by atoms with van der Waals surface area (Å²) in [7, 11) is 1.34. The van der Waals surface area contributed by atoms with Gasteiger partial charge in [-0.15, -0.1) is 0 Å². The van der Waals surface area contributed by atoms with Gasteiger partial charge in [-0.3, -0.25) is 24.0 Å². The van der Waals surface area contributed by atoms with E-state index in [0.717, 1.165) is 44.9 Å². The summed E-state index contributed by atoms with van der Waals surface area (Å²) in [5.41, 5.74) is -0.693. The fourth-order valence-corrected chi connectivity index (χ4v) is 6.44. The molecule has 0 aromatic heterocycles. The van der Waals surface area contributed by atoms with Crippen LogP contribution in [0.15, 0.2) is 0 Å². The lowest BCUT2D eigenvalue weighted by Gasteiger charge is -2.37. The lowest BCUT2D eigenvalue weighted by molar-refractivity contribution is -0.143. The molecule has 4 atom stereocenters. The van der Waals surface area contributed by atoms with Gasteiger partial charge in [0.25, 0.3) is 5.91 Å². The Morgan fingerprint density at radius 1 is 0.881 bits per heavy atom. The van der Waals surface area contributed by atoms with Crippen LogP contribution in [0.2, 0.25) is 0 Å². The van der Waals surface area contributed by atoms with Crippen LogP contribution >= 0.6 is 0 Å². The minimum atomic E-state index is -0.957. The fraction of sp³-hybridized carbons (Fsp3) is 0.806. The molecular weight excluding hydrogens is 538 g/mol. The van der Waals surface area contributed by atoms with Gasteiger partial charge in [0.15, 0.2) is 5.78 Å². The number of likely N-dealkylation sites (tertiary alicyclic amines) is 1. The van der Waals surface area contributed by atoms with Gasteiger partial charge >= 0.3 is 6.03 Å². The number of nitrogens with one attached hydrogen (secondary N) is 4. The van der Waals surface area contributed by atoms with Crippen LogP contribution in [0.4, 0.5) is 4.79 Å². The molecule has 11 heteroatoms. The van der Waals surface area contributed by atoms with Crippen LogP contribution in [-0.4, -0.2) is 78.5 Å². The maximum Gasteiger partial charge on any atom is 0.316 e. The smallest absolute Gasteiger partial charge is 0.316 e. The summed E-state index contributed by atoms with van der Waals surface area (Å²) in [6.45, 7) is 9.51. The maximum absolute atomic E-state index is 14.1. The fourth-order valence-electron chi connectivity index (χ4n) is 6.44. The van der Waals surface area contributed by atoms with E-state index in [2.05, 4.69) is 21.3 Å². The third-order valence-electron chi connectivity index (χ3n) is 8.83. The van der Waals surface area contributed by atoms with Crippen LogP contribution in [0.25, 0.3) is 0 Å². The van der Waals surface area contributed by atoms with Crippen LogP contribution in [0.5, 0.6) is 0 Å². The normalized spacial score (nSPS) is 22.7. The topological polar surface area (TPSA) is 154 Å². The Bertz CT molecular complexity index is 1030. The minimum absolute atomic E-state index is 0.00863. The zero-order valence-corrected chi connectivity index (χ0v) is 26.2. The van der Waals surface area contributed by atoms with Crippen LogP contribution in [0.3, 0.4) is 0 Å². The minimum Gasteiger partial charge on any atom is -0.353 e. The molecule has 3 fully saturated rings. The Morgan fingerprint density at radius 2 is 1.52 bits per heavy atom. The van der Waals surface area contributed by atoms with E-state index >= 15 is 0 Å². The number of carbonyl (C=O) groups is 6. The number of hydrogen-bond acceptors (Lipinski definition) is 6. The maximum atomic E-state index is 14.1. The average molecular weight is 590 g/mol. The number of amides is 5. The number of ketones is 2. The molecule has 11 nitrogen and oxygen atoms in total. The van der Waals surface area contributed by atoms with Gasteiger partial charge in [0.05, 0.1) is 12.6 Å². The highest BCUT2D eigenvalue weighted by molar-refractivity contribution is 6.37. The van der Waals surface area contributed by atoms with Gasteiger partial charge in [0.2, 0.25) is 17.6 Å². The van der Waals surface area contributed by atoms with Crippen molar-refractivity contribution in [1.29, 1.82) is 0 Å². The van der Waals surface area contributed by atoms with E-state index in [1.54, 1.807) is 0 Å². The molecule has 236 valence electrons. The van der Waals surface area contributed by atoms with Gasteiger partial charge < -0.3 is 26.2 Å². The predicted octanol–water partition coefficient (Wildman–Crippen LogP) is 2.32. The van der Waals surface area contributed by atoms with Crippen molar-refractivity contribution in [3.8, 4) is 0 Å². The first kappa shape index (κ1) is 33.5. The van der Waals surface area contributed by atoms with E-state index in [4.69, 9.17) is 0 Å². The summed E-state index contributed by atoms with van der Waals surface area (Å²) in [6, 6.07) is -2.91. The number of Topliss-reactive ketones (excluding diaryl/α,β-unsaturated/α-hetero) is 2. The van der Waals surface area contributed by atoms with E-state index in [9.17, 15) is 28.8 Å². The Labute approximate surface area is 250 Å². The Kier molecular flexibility index (Phi) is 11.5. The van der Waals surface area contributed by atoms with E-state index in [1.165, 1.54) is 11.9 Å². The molecule has 0 aromatic rings. The first-order chi connectivity index (χ1) is 19.7. The Balaban J connectivity index is 1.77. The molecule has 1 saturated heterocycles. The van der Waals surface area contributed by atoms with Crippen LogP contribution in [0.1, 0.15) is 92.4 Å². The summed E-state index contributed by atoms with van der Waals surface area (Å²) < 4.78 is 0. The second-order valence-electron chi connectivity index (χ2n) is 13.8. The molecule has 3 rings (SSSR count). The first-order valence-electron chi connectivity index (χ1n) is 15.7. The molecule has 1 aliphatic heterocycles. The van der Waals surface area contributed by atoms with Crippen LogP contribution < -0.4 is 21.3 Å². The zero-order chi connectivity index (χ0) is 31.2. The van der Waals surface area contributed by atoms with E-state index in [1.807, 2.05) is 34.6 Å². The Hall–Kier alpha value is -2.98. The van der Waals surface area contributed by atoms with Crippen molar-refractivity contribution in [3.05, 3.63) is 0 Å². The number of nitrogens with zero attached hydrogens (tertiary/aromatic N) is 1. The highest BCUT2D eigenvalue weighted by Gasteiger charge is 2.47. The highest BCUT2D eigenvalue weighted by Crippen LogP contribution is 2.36. The summed E-state index contributed by atoms with van der Waals surface area (Å²) in [5.74, 6) is -2.12. The van der Waals surface area contributed by atoms with Gasteiger partial charge in [-0.25, -0.2) is 4.79 Å². The van der Waals surface area contributed by atoms with Gasteiger partial charge in [0.1, 0.15) is 12.1 Å². The van der Waals surface area contributed by atoms with Gasteiger partial charge in [-0.2, -0.15) is 0 Å². The molecule has 2 saturated carbocycles. The lowest BCUT2D eigenvalue weighted by atomic mass is 9.81. The number of urea groups is 1. The quantitative estimate of drug-likeness (QED) is 0.256. The van der Waals surface area contributed by atoms with Crippen molar-refractivity contribution in [2.45, 2.75) is 111 Å². The molecular formula is C31H51N5O6. The predicted molar refractivity (Wildman–Crippen MR) is 158 cm³/mol. The molecule has 0 aromatic carbocycles. The Morgan fingerprint density at radius 3 is 2.07 bits per heavy atom. The molecule has 0 bridgehead atoms. The van der Waals surface area contributed by atoms with Gasteiger partial charge in [0, 0.05) is 19.5 Å². The molecule has 5 amide bonds. The van der Waals surface area contributed by atoms with Crippen molar-refractivity contribution >= 4 is 35.3 Å². The van der Waals surface area contributed by atoms with Gasteiger partial charge in [-0.1, -0.05) is 53.9 Å². The van der Waals surface area contributed by atoms with E-state index in [-0.39, 0.29) is 35.4 Å². The number of likely N-dealkylation sites (N-methyl/N-ethyl adjacent to an activating group) is 1. The first-order valence-corrected chi connectivity index (χ1v) is 15.7. The molecule has 0 spiro atoms. The SMILES string of the molecule is CNC(=O)C(=O)CNC(=O)[C@@H]1[C@@H](CC(C)C)CCN1C(=O)[C@@H](NC(=O)N[C@H](C(=O)C1CC1)C1CCCCC1)C(C)(C)C. The zero-order valence-electron chi connectivity index (χ0n) is 26.2. The summed E-state index contributed by atoms with van der Waals surface area (Å²) in [6.07, 6.45) is 8.03. The van der Waals surface area contributed by atoms with E-state index < -0.39 is 53.7 Å². The largest absolute Gasteiger partial charge is 0.353 e. The molecule has 0 unspecified atom stereocenters. The van der Waals surface area contributed by atoms with Crippen LogP contribution in [0, 0.1) is 29.1 Å². The molecule has 42 heavy (non-hydrogen) atoms. The van der Waals surface area contributed by atoms with E-state index in [0.29, 0.717) is 19.4 Å². The molecule has 0 radical (unpaired) electrons.